The molecule has 0 aliphatic carbocycles. The smallest absolute Gasteiger partial charge is 0.320 e. The summed E-state index contributed by atoms with van der Waals surface area (Å²) in [6.07, 6.45) is -4.82. The average molecular weight is 240 g/mol. The summed E-state index contributed by atoms with van der Waals surface area (Å²) >= 11 is 5.50. The van der Waals surface area contributed by atoms with Gasteiger partial charge in [-0.05, 0) is 24.6 Å². The van der Waals surface area contributed by atoms with Crippen LogP contribution >= 0.6 is 11.6 Å². The van der Waals surface area contributed by atoms with Gasteiger partial charge >= 0.3 is 6.18 Å². The summed E-state index contributed by atoms with van der Waals surface area (Å²) in [5.74, 6) is 0. The van der Waals surface area contributed by atoms with Crippen LogP contribution in [0.15, 0.2) is 6.07 Å². The third-order valence-corrected chi connectivity index (χ3v) is 1.90. The fourth-order valence-corrected chi connectivity index (χ4v) is 1.28. The standard InChI is InChI=1S/C8H9ClF3N3/c1-4-2-5(15-7(9)14-4)3-6(13)8(10,11)12/h2,6H,3,13H2,1H3. The number of alkyl halides is 3. The second kappa shape index (κ2) is 4.32. The van der Waals surface area contributed by atoms with Gasteiger partial charge in [-0.1, -0.05) is 0 Å². The number of nitrogens with two attached hydrogens (primary N) is 1. The van der Waals surface area contributed by atoms with Crippen molar-refractivity contribution in [1.29, 1.82) is 0 Å². The molecule has 0 bridgehead atoms. The van der Waals surface area contributed by atoms with Crippen LogP contribution in [0.1, 0.15) is 11.4 Å². The zero-order chi connectivity index (χ0) is 11.6. The first-order valence-electron chi connectivity index (χ1n) is 4.11. The Balaban J connectivity index is 2.81. The van der Waals surface area contributed by atoms with Crippen molar-refractivity contribution in [2.75, 3.05) is 0 Å². The van der Waals surface area contributed by atoms with Crippen molar-refractivity contribution < 1.29 is 13.2 Å². The lowest BCUT2D eigenvalue weighted by Gasteiger charge is -2.14. The van der Waals surface area contributed by atoms with Crippen LogP contribution in [0.25, 0.3) is 0 Å². The van der Waals surface area contributed by atoms with E-state index in [0.29, 0.717) is 5.69 Å². The number of aromatic nitrogens is 2. The number of rotatable bonds is 2. The first-order valence-corrected chi connectivity index (χ1v) is 4.49. The van der Waals surface area contributed by atoms with E-state index < -0.39 is 18.6 Å². The summed E-state index contributed by atoms with van der Waals surface area (Å²) in [5.41, 5.74) is 5.66. The second-order valence-corrected chi connectivity index (χ2v) is 3.46. The van der Waals surface area contributed by atoms with Crippen LogP contribution in [0, 0.1) is 6.92 Å². The quantitative estimate of drug-likeness (QED) is 0.802. The highest BCUT2D eigenvalue weighted by molar-refractivity contribution is 6.28. The maximum Gasteiger partial charge on any atom is 0.404 e. The molecule has 84 valence electrons. The summed E-state index contributed by atoms with van der Waals surface area (Å²) in [4.78, 5) is 7.40. The van der Waals surface area contributed by atoms with Crippen LogP contribution in [-0.2, 0) is 6.42 Å². The maximum absolute atomic E-state index is 12.1. The van der Waals surface area contributed by atoms with Gasteiger partial charge in [0.25, 0.3) is 0 Å². The van der Waals surface area contributed by atoms with Gasteiger partial charge in [-0.25, -0.2) is 9.97 Å². The summed E-state index contributed by atoms with van der Waals surface area (Å²) in [6, 6.07) is -0.500. The summed E-state index contributed by atoms with van der Waals surface area (Å²) < 4.78 is 36.4. The second-order valence-electron chi connectivity index (χ2n) is 3.12. The number of hydrogen-bond acceptors (Lipinski definition) is 3. The summed E-state index contributed by atoms with van der Waals surface area (Å²) in [5, 5.41) is -0.0700. The third kappa shape index (κ3) is 3.64. The fourth-order valence-electron chi connectivity index (χ4n) is 1.04. The Kier molecular flexibility index (Phi) is 3.51. The Morgan fingerprint density at radius 3 is 2.53 bits per heavy atom. The van der Waals surface area contributed by atoms with E-state index in [9.17, 15) is 13.2 Å². The highest BCUT2D eigenvalue weighted by atomic mass is 35.5. The van der Waals surface area contributed by atoms with Crippen LogP contribution in [0.5, 0.6) is 0 Å². The molecule has 0 amide bonds. The molecule has 0 saturated heterocycles. The van der Waals surface area contributed by atoms with E-state index in [0.717, 1.165) is 0 Å². The minimum Gasteiger partial charge on any atom is -0.320 e. The Morgan fingerprint density at radius 2 is 2.07 bits per heavy atom. The van der Waals surface area contributed by atoms with Crippen LogP contribution < -0.4 is 5.73 Å². The van der Waals surface area contributed by atoms with Gasteiger partial charge in [0.15, 0.2) is 0 Å². The normalized spacial score (nSPS) is 14.0. The van der Waals surface area contributed by atoms with E-state index in [1.54, 1.807) is 6.92 Å². The van der Waals surface area contributed by atoms with Gasteiger partial charge in [0.05, 0.1) is 0 Å². The molecular formula is C8H9ClF3N3. The Morgan fingerprint density at radius 1 is 1.47 bits per heavy atom. The summed E-state index contributed by atoms with van der Waals surface area (Å²) in [7, 11) is 0. The fraction of sp³-hybridized carbons (Fsp3) is 0.500. The maximum atomic E-state index is 12.1. The Hall–Kier alpha value is -0.880. The summed E-state index contributed by atoms with van der Waals surface area (Å²) in [6.45, 7) is 1.62. The zero-order valence-corrected chi connectivity index (χ0v) is 8.60. The van der Waals surface area contributed by atoms with E-state index >= 15 is 0 Å². The van der Waals surface area contributed by atoms with Crippen molar-refractivity contribution in [2.45, 2.75) is 25.6 Å². The van der Waals surface area contributed by atoms with Crippen molar-refractivity contribution in [3.05, 3.63) is 22.7 Å². The molecule has 0 aromatic carbocycles. The lowest BCUT2D eigenvalue weighted by molar-refractivity contribution is -0.147. The topological polar surface area (TPSA) is 51.8 Å². The highest BCUT2D eigenvalue weighted by Gasteiger charge is 2.36. The number of hydrogen-bond donors (Lipinski definition) is 1. The SMILES string of the molecule is Cc1cc(CC(N)C(F)(F)F)nc(Cl)n1. The Labute approximate surface area is 89.5 Å². The van der Waals surface area contributed by atoms with Crippen LogP contribution in [0.4, 0.5) is 13.2 Å². The molecule has 0 aliphatic heterocycles. The molecule has 1 rings (SSSR count). The number of nitrogens with zero attached hydrogens (tertiary/aromatic N) is 2. The van der Waals surface area contributed by atoms with Crippen LogP contribution in [0.3, 0.4) is 0 Å². The molecule has 0 aliphatic rings. The first kappa shape index (κ1) is 12.2. The molecule has 1 atom stereocenters. The lowest BCUT2D eigenvalue weighted by atomic mass is 10.1. The van der Waals surface area contributed by atoms with Crippen molar-refractivity contribution in [3.8, 4) is 0 Å². The van der Waals surface area contributed by atoms with Gasteiger partial charge in [-0.15, -0.1) is 0 Å². The van der Waals surface area contributed by atoms with Gasteiger partial charge in [-0.2, -0.15) is 13.2 Å². The minimum absolute atomic E-state index is 0.0700. The molecule has 0 spiro atoms. The van der Waals surface area contributed by atoms with Crippen molar-refractivity contribution in [1.82, 2.24) is 9.97 Å². The lowest BCUT2D eigenvalue weighted by Crippen LogP contribution is -2.39. The molecule has 1 aromatic rings. The van der Waals surface area contributed by atoms with Crippen molar-refractivity contribution >= 4 is 11.6 Å². The Bertz CT molecular complexity index is 333. The van der Waals surface area contributed by atoms with Crippen LogP contribution in [0.2, 0.25) is 5.28 Å². The molecule has 1 heterocycles. The van der Waals surface area contributed by atoms with E-state index in [4.69, 9.17) is 17.3 Å². The van der Waals surface area contributed by atoms with Crippen LogP contribution in [-0.4, -0.2) is 22.2 Å². The molecule has 3 nitrogen and oxygen atoms in total. The molecule has 1 aromatic heterocycles. The van der Waals surface area contributed by atoms with Gasteiger partial charge in [0, 0.05) is 17.8 Å². The van der Waals surface area contributed by atoms with E-state index in [1.165, 1.54) is 6.07 Å². The van der Waals surface area contributed by atoms with E-state index in [2.05, 4.69) is 9.97 Å². The molecule has 0 radical (unpaired) electrons. The molecule has 0 saturated carbocycles. The first-order chi connectivity index (χ1) is 6.79. The molecule has 7 heteroatoms. The monoisotopic (exact) mass is 239 g/mol. The largest absolute Gasteiger partial charge is 0.404 e. The number of halogens is 4. The van der Waals surface area contributed by atoms with Gasteiger partial charge < -0.3 is 5.73 Å². The molecule has 1 unspecified atom stereocenters. The molecular weight excluding hydrogens is 231 g/mol. The van der Waals surface area contributed by atoms with Crippen molar-refractivity contribution in [3.63, 3.8) is 0 Å². The van der Waals surface area contributed by atoms with Gasteiger partial charge in [0.1, 0.15) is 6.04 Å². The molecule has 2 N–H and O–H groups in total. The predicted molar refractivity (Wildman–Crippen MR) is 49.5 cm³/mol. The molecule has 15 heavy (non-hydrogen) atoms. The molecule has 0 fully saturated rings. The number of aryl methyl sites for hydroxylation is 1. The average Bonchev–Trinajstić information content (AvgIpc) is 1.99. The zero-order valence-electron chi connectivity index (χ0n) is 7.85. The third-order valence-electron chi connectivity index (χ3n) is 1.73. The van der Waals surface area contributed by atoms with Gasteiger partial charge in [-0.3, -0.25) is 0 Å². The highest BCUT2D eigenvalue weighted by Crippen LogP contribution is 2.21. The van der Waals surface area contributed by atoms with E-state index in [1.807, 2.05) is 0 Å². The predicted octanol–water partition coefficient (Wildman–Crippen LogP) is 1.87. The van der Waals surface area contributed by atoms with Crippen molar-refractivity contribution in [2.24, 2.45) is 5.73 Å². The van der Waals surface area contributed by atoms with Gasteiger partial charge in [0.2, 0.25) is 5.28 Å². The minimum atomic E-state index is -4.43. The van der Waals surface area contributed by atoms with E-state index in [-0.39, 0.29) is 11.0 Å².